The van der Waals surface area contributed by atoms with E-state index in [1.165, 1.54) is 17.7 Å². The van der Waals surface area contributed by atoms with Gasteiger partial charge in [0.05, 0.1) is 12.0 Å². The van der Waals surface area contributed by atoms with Gasteiger partial charge in [0.2, 0.25) is 0 Å². The number of nitro groups is 1. The molecule has 28 heavy (non-hydrogen) atoms. The van der Waals surface area contributed by atoms with E-state index < -0.39 is 4.92 Å². The van der Waals surface area contributed by atoms with Crippen LogP contribution in [0.5, 0.6) is 11.5 Å². The zero-order valence-electron chi connectivity index (χ0n) is 15.8. The van der Waals surface area contributed by atoms with Crippen molar-refractivity contribution in [2.24, 2.45) is 0 Å². The molecule has 0 saturated carbocycles. The van der Waals surface area contributed by atoms with E-state index in [2.05, 4.69) is 17.4 Å². The molecule has 0 radical (unpaired) electrons. The first-order valence-corrected chi connectivity index (χ1v) is 8.89. The van der Waals surface area contributed by atoms with Crippen LogP contribution in [0.25, 0.3) is 0 Å². The molecule has 1 N–H and O–H groups in total. The molecule has 0 heterocycles. The molecule has 3 aromatic carbocycles. The highest BCUT2D eigenvalue weighted by molar-refractivity contribution is 5.52. The van der Waals surface area contributed by atoms with Crippen molar-refractivity contribution in [3.05, 3.63) is 93.5 Å². The molecule has 0 aromatic heterocycles. The Kier molecular flexibility index (Phi) is 6.11. The number of ether oxygens (including phenoxy) is 2. The molecule has 0 atom stereocenters. The summed E-state index contributed by atoms with van der Waals surface area (Å²) in [7, 11) is 1.60. The fourth-order valence-electron chi connectivity index (χ4n) is 2.72. The van der Waals surface area contributed by atoms with Gasteiger partial charge in [-0.15, -0.1) is 0 Å². The Balaban J connectivity index is 1.64. The minimum Gasteiger partial charge on any atom is -0.493 e. The number of hydrogen-bond acceptors (Lipinski definition) is 5. The van der Waals surface area contributed by atoms with E-state index in [0.717, 1.165) is 11.1 Å². The van der Waals surface area contributed by atoms with Crippen molar-refractivity contribution in [2.75, 3.05) is 12.4 Å². The second-order valence-electron chi connectivity index (χ2n) is 6.42. The van der Waals surface area contributed by atoms with E-state index in [1.54, 1.807) is 19.2 Å². The monoisotopic (exact) mass is 378 g/mol. The Morgan fingerprint density at radius 3 is 2.43 bits per heavy atom. The van der Waals surface area contributed by atoms with Gasteiger partial charge in [0.25, 0.3) is 5.69 Å². The van der Waals surface area contributed by atoms with Gasteiger partial charge in [-0.25, -0.2) is 0 Å². The van der Waals surface area contributed by atoms with Crippen LogP contribution in [0.2, 0.25) is 0 Å². The van der Waals surface area contributed by atoms with Crippen LogP contribution >= 0.6 is 0 Å². The van der Waals surface area contributed by atoms with E-state index in [1.807, 2.05) is 37.3 Å². The zero-order chi connectivity index (χ0) is 19.9. The second-order valence-corrected chi connectivity index (χ2v) is 6.42. The largest absolute Gasteiger partial charge is 0.493 e. The third kappa shape index (κ3) is 5.01. The molecule has 0 aliphatic carbocycles. The molecule has 0 spiro atoms. The Labute approximate surface area is 163 Å². The quantitative estimate of drug-likeness (QED) is 0.436. The lowest BCUT2D eigenvalue weighted by Crippen LogP contribution is -2.02. The first-order valence-electron chi connectivity index (χ1n) is 8.89. The van der Waals surface area contributed by atoms with Crippen LogP contribution in [0.3, 0.4) is 0 Å². The van der Waals surface area contributed by atoms with Gasteiger partial charge in [0.15, 0.2) is 11.5 Å². The van der Waals surface area contributed by atoms with Crippen molar-refractivity contribution in [3.63, 3.8) is 0 Å². The van der Waals surface area contributed by atoms with Gasteiger partial charge < -0.3 is 14.8 Å². The van der Waals surface area contributed by atoms with E-state index in [4.69, 9.17) is 9.47 Å². The molecule has 0 fully saturated rings. The molecule has 6 nitrogen and oxygen atoms in total. The molecule has 6 heteroatoms. The smallest absolute Gasteiger partial charge is 0.271 e. The van der Waals surface area contributed by atoms with Gasteiger partial charge in [-0.2, -0.15) is 0 Å². The lowest BCUT2D eigenvalue weighted by atomic mass is 10.1. The zero-order valence-corrected chi connectivity index (χ0v) is 15.8. The summed E-state index contributed by atoms with van der Waals surface area (Å²) in [5, 5.41) is 14.1. The topological polar surface area (TPSA) is 73.6 Å². The van der Waals surface area contributed by atoms with Crippen LogP contribution in [-0.4, -0.2) is 12.0 Å². The Morgan fingerprint density at radius 1 is 0.964 bits per heavy atom. The average Bonchev–Trinajstić information content (AvgIpc) is 2.72. The van der Waals surface area contributed by atoms with Crippen LogP contribution in [0.1, 0.15) is 16.7 Å². The summed E-state index contributed by atoms with van der Waals surface area (Å²) >= 11 is 0. The minimum atomic E-state index is -0.408. The third-order valence-electron chi connectivity index (χ3n) is 4.30. The first kappa shape index (κ1) is 19.2. The predicted octanol–water partition coefficient (Wildman–Crippen LogP) is 5.10. The molecule has 0 aliphatic heterocycles. The summed E-state index contributed by atoms with van der Waals surface area (Å²) < 4.78 is 11.3. The lowest BCUT2D eigenvalue weighted by molar-refractivity contribution is -0.384. The summed E-state index contributed by atoms with van der Waals surface area (Å²) in [6, 6.07) is 20.3. The van der Waals surface area contributed by atoms with E-state index in [0.29, 0.717) is 30.3 Å². The van der Waals surface area contributed by atoms with Gasteiger partial charge in [0, 0.05) is 24.4 Å². The maximum atomic E-state index is 10.9. The number of methoxy groups -OCH3 is 1. The molecular formula is C22H22N2O4. The highest BCUT2D eigenvalue weighted by Crippen LogP contribution is 2.29. The Morgan fingerprint density at radius 2 is 1.71 bits per heavy atom. The van der Waals surface area contributed by atoms with Crippen LogP contribution in [0.15, 0.2) is 66.7 Å². The van der Waals surface area contributed by atoms with Crippen molar-refractivity contribution in [1.82, 2.24) is 0 Å². The number of non-ortho nitro benzene ring substituents is 1. The molecular weight excluding hydrogens is 356 g/mol. The Bertz CT molecular complexity index is 955. The number of rotatable bonds is 8. The highest BCUT2D eigenvalue weighted by atomic mass is 16.6. The van der Waals surface area contributed by atoms with Crippen LogP contribution in [-0.2, 0) is 13.2 Å². The fourth-order valence-corrected chi connectivity index (χ4v) is 2.72. The number of benzene rings is 3. The van der Waals surface area contributed by atoms with E-state index >= 15 is 0 Å². The molecule has 3 aromatic rings. The molecule has 0 saturated heterocycles. The minimum absolute atomic E-state index is 0.0578. The third-order valence-corrected chi connectivity index (χ3v) is 4.30. The summed E-state index contributed by atoms with van der Waals surface area (Å²) in [4.78, 5) is 10.5. The van der Waals surface area contributed by atoms with Crippen LogP contribution < -0.4 is 14.8 Å². The second kappa shape index (κ2) is 8.90. The van der Waals surface area contributed by atoms with Crippen molar-refractivity contribution >= 4 is 11.4 Å². The van der Waals surface area contributed by atoms with Gasteiger partial charge in [-0.1, -0.05) is 42.0 Å². The fraction of sp³-hybridized carbons (Fsp3) is 0.182. The molecule has 0 unspecified atom stereocenters. The summed E-state index contributed by atoms with van der Waals surface area (Å²) in [5.74, 6) is 1.31. The predicted molar refractivity (Wildman–Crippen MR) is 109 cm³/mol. The van der Waals surface area contributed by atoms with Gasteiger partial charge in [-0.3, -0.25) is 10.1 Å². The summed E-state index contributed by atoms with van der Waals surface area (Å²) in [6.07, 6.45) is 0. The normalized spacial score (nSPS) is 10.4. The number of nitro benzene ring substituents is 1. The molecule has 144 valence electrons. The van der Waals surface area contributed by atoms with Gasteiger partial charge in [-0.05, 0) is 36.2 Å². The van der Waals surface area contributed by atoms with Crippen molar-refractivity contribution in [3.8, 4) is 11.5 Å². The Hall–Kier alpha value is -3.54. The van der Waals surface area contributed by atoms with Crippen molar-refractivity contribution < 1.29 is 14.4 Å². The molecule has 3 rings (SSSR count). The number of anilines is 1. The molecule has 0 aliphatic rings. The highest BCUT2D eigenvalue weighted by Gasteiger charge is 2.08. The number of nitrogens with zero attached hydrogens (tertiary/aromatic N) is 1. The SMILES string of the molecule is COc1cc(CNc2cccc([N+](=O)[O-])c2)ccc1OCc1ccc(C)cc1. The average molecular weight is 378 g/mol. The molecule has 0 bridgehead atoms. The van der Waals surface area contributed by atoms with Gasteiger partial charge in [0.1, 0.15) is 6.61 Å². The van der Waals surface area contributed by atoms with E-state index in [9.17, 15) is 10.1 Å². The summed E-state index contributed by atoms with van der Waals surface area (Å²) in [6.45, 7) is 3.02. The van der Waals surface area contributed by atoms with Crippen LogP contribution in [0, 0.1) is 17.0 Å². The van der Waals surface area contributed by atoms with Crippen molar-refractivity contribution in [2.45, 2.75) is 20.1 Å². The standard InChI is InChI=1S/C22H22N2O4/c1-16-6-8-17(9-7-16)15-28-21-11-10-18(12-22(21)27-2)14-23-19-4-3-5-20(13-19)24(25)26/h3-13,23H,14-15H2,1-2H3. The first-order chi connectivity index (χ1) is 13.5. The number of hydrogen-bond donors (Lipinski definition) is 1. The molecule has 0 amide bonds. The van der Waals surface area contributed by atoms with Crippen molar-refractivity contribution in [1.29, 1.82) is 0 Å². The number of nitrogens with one attached hydrogen (secondary N) is 1. The lowest BCUT2D eigenvalue weighted by Gasteiger charge is -2.13. The summed E-state index contributed by atoms with van der Waals surface area (Å²) in [5.41, 5.74) is 4.02. The number of aryl methyl sites for hydroxylation is 1. The maximum Gasteiger partial charge on any atom is 0.271 e. The van der Waals surface area contributed by atoms with Crippen LogP contribution in [0.4, 0.5) is 11.4 Å². The maximum absolute atomic E-state index is 10.9. The van der Waals surface area contributed by atoms with Gasteiger partial charge >= 0.3 is 0 Å². The van der Waals surface area contributed by atoms with E-state index in [-0.39, 0.29) is 5.69 Å².